The molecule has 12 heteroatoms. The number of fused-ring (bicyclic) bond motifs is 1. The molecular weight excluding hydrogens is 547 g/mol. The van der Waals surface area contributed by atoms with Crippen LogP contribution < -0.4 is 20.0 Å². The fraction of sp³-hybridized carbons (Fsp3) is 0.414. The van der Waals surface area contributed by atoms with Crippen molar-refractivity contribution < 1.29 is 23.8 Å². The Morgan fingerprint density at radius 2 is 1.76 bits per heavy atom. The molecule has 1 aromatic heterocycles. The summed E-state index contributed by atoms with van der Waals surface area (Å²) in [4.78, 5) is 37.7. The summed E-state index contributed by atoms with van der Waals surface area (Å²) in [5.41, 5.74) is 2.35. The summed E-state index contributed by atoms with van der Waals surface area (Å²) in [6, 6.07) is 12.3. The highest BCUT2D eigenvalue weighted by Crippen LogP contribution is 2.48. The Labute approximate surface area is 241 Å². The van der Waals surface area contributed by atoms with Gasteiger partial charge < -0.3 is 29.9 Å². The summed E-state index contributed by atoms with van der Waals surface area (Å²) >= 11 is 1.26. The minimum atomic E-state index is -0.906. The summed E-state index contributed by atoms with van der Waals surface area (Å²) in [7, 11) is 0. The van der Waals surface area contributed by atoms with Crippen molar-refractivity contribution in [1.29, 1.82) is 0 Å². The molecule has 1 atom stereocenters. The summed E-state index contributed by atoms with van der Waals surface area (Å²) < 4.78 is 19.8. The average Bonchev–Trinajstić information content (AvgIpc) is 3.55. The smallest absolute Gasteiger partial charge is 0.410 e. The van der Waals surface area contributed by atoms with Gasteiger partial charge in [0.25, 0.3) is 5.91 Å². The maximum atomic E-state index is 14.3. The zero-order chi connectivity index (χ0) is 28.9. The number of nitrogens with zero attached hydrogens (tertiary/aromatic N) is 5. The van der Waals surface area contributed by atoms with E-state index >= 15 is 0 Å². The van der Waals surface area contributed by atoms with E-state index in [1.807, 2.05) is 54.8 Å². The molecule has 3 aromatic rings. The highest BCUT2D eigenvalue weighted by atomic mass is 32.1. The van der Waals surface area contributed by atoms with Crippen molar-refractivity contribution in [1.82, 2.24) is 9.88 Å². The Hall–Kier alpha value is -3.90. The largest absolute Gasteiger partial charge is 0.444 e. The van der Waals surface area contributed by atoms with Crippen molar-refractivity contribution in [2.75, 3.05) is 46.2 Å². The van der Waals surface area contributed by atoms with E-state index in [0.717, 1.165) is 24.2 Å². The van der Waals surface area contributed by atoms with Gasteiger partial charge in [-0.2, -0.15) is 0 Å². The minimum absolute atomic E-state index is 0.171. The third-order valence-electron chi connectivity index (χ3n) is 7.25. The van der Waals surface area contributed by atoms with Crippen molar-refractivity contribution in [3.05, 3.63) is 59.4 Å². The maximum absolute atomic E-state index is 14.3. The molecule has 6 rings (SSSR count). The number of aromatic nitrogens is 1. The zero-order valence-electron chi connectivity index (χ0n) is 23.2. The zero-order valence-corrected chi connectivity index (χ0v) is 24.0. The lowest BCUT2D eigenvalue weighted by atomic mass is 10.2. The molecule has 2 N–H and O–H groups in total. The van der Waals surface area contributed by atoms with Crippen molar-refractivity contribution in [2.45, 2.75) is 51.6 Å². The van der Waals surface area contributed by atoms with Crippen LogP contribution in [0.25, 0.3) is 0 Å². The van der Waals surface area contributed by atoms with Crippen LogP contribution in [-0.4, -0.2) is 71.2 Å². The molecule has 1 aliphatic carbocycles. The second kappa shape index (κ2) is 10.5. The molecule has 1 unspecified atom stereocenters. The molecule has 0 bridgehead atoms. The Balaban J connectivity index is 1.17. The number of amides is 2. The molecule has 216 valence electrons. The van der Waals surface area contributed by atoms with Crippen molar-refractivity contribution in [3.63, 3.8) is 0 Å². The number of benzene rings is 2. The predicted octanol–water partition coefficient (Wildman–Crippen LogP) is 4.99. The molecular formula is C29H33FN6O4S. The number of carbonyl (C=O) groups excluding carboxylic acids is 2. The first-order chi connectivity index (χ1) is 19.6. The van der Waals surface area contributed by atoms with Gasteiger partial charge in [-0.3, -0.25) is 9.69 Å². The molecule has 1 saturated carbocycles. The fourth-order valence-electron chi connectivity index (χ4n) is 5.21. The lowest BCUT2D eigenvalue weighted by Gasteiger charge is -2.37. The lowest BCUT2D eigenvalue weighted by Crippen LogP contribution is -2.50. The minimum Gasteiger partial charge on any atom is -0.444 e. The van der Waals surface area contributed by atoms with E-state index in [-0.39, 0.29) is 17.8 Å². The van der Waals surface area contributed by atoms with Gasteiger partial charge in [0.1, 0.15) is 17.1 Å². The van der Waals surface area contributed by atoms with Crippen LogP contribution in [0.5, 0.6) is 0 Å². The first-order valence-corrected chi connectivity index (χ1v) is 14.6. The van der Waals surface area contributed by atoms with Gasteiger partial charge in [0.2, 0.25) is 6.35 Å². The average molecular weight is 581 g/mol. The van der Waals surface area contributed by atoms with Crippen LogP contribution in [0.2, 0.25) is 0 Å². The number of ether oxygens (including phenoxy) is 1. The summed E-state index contributed by atoms with van der Waals surface area (Å²) in [6.45, 7) is 7.36. The SMILES string of the molecule is CC(C)(C)OC(=O)N1CCN(c2ccc(F)cc2NC(=O)c2csc(N3c4ccccc4N(C4CC4)C3O)n2)CC1. The molecule has 2 aliphatic heterocycles. The topological polar surface area (TPSA) is 101 Å². The fourth-order valence-corrected chi connectivity index (χ4v) is 6.04. The maximum Gasteiger partial charge on any atom is 0.410 e. The molecule has 2 fully saturated rings. The van der Waals surface area contributed by atoms with Crippen LogP contribution in [0.3, 0.4) is 0 Å². The summed E-state index contributed by atoms with van der Waals surface area (Å²) in [5, 5.41) is 16.1. The van der Waals surface area contributed by atoms with Crippen molar-refractivity contribution in [2.24, 2.45) is 0 Å². The number of anilines is 5. The van der Waals surface area contributed by atoms with Crippen LogP contribution in [0.1, 0.15) is 44.1 Å². The third kappa shape index (κ3) is 5.53. The van der Waals surface area contributed by atoms with E-state index in [1.54, 1.807) is 21.2 Å². The number of hydrogen-bond acceptors (Lipinski definition) is 9. The van der Waals surface area contributed by atoms with E-state index in [1.165, 1.54) is 23.5 Å². The number of para-hydroxylation sites is 2. The number of halogens is 1. The van der Waals surface area contributed by atoms with E-state index in [0.29, 0.717) is 42.7 Å². The number of carbonyl (C=O) groups is 2. The number of hydrogen-bond donors (Lipinski definition) is 2. The van der Waals surface area contributed by atoms with Crippen LogP contribution in [-0.2, 0) is 4.74 Å². The Bertz CT molecular complexity index is 1460. The van der Waals surface area contributed by atoms with Crippen LogP contribution >= 0.6 is 11.3 Å². The van der Waals surface area contributed by atoms with Crippen LogP contribution in [0.4, 0.5) is 37.1 Å². The Morgan fingerprint density at radius 1 is 1.05 bits per heavy atom. The highest BCUT2D eigenvalue weighted by Gasteiger charge is 2.44. The highest BCUT2D eigenvalue weighted by molar-refractivity contribution is 7.14. The number of aliphatic hydroxyl groups is 1. The number of nitrogens with one attached hydrogen (secondary N) is 1. The van der Waals surface area contributed by atoms with Gasteiger partial charge in [0, 0.05) is 37.6 Å². The van der Waals surface area contributed by atoms with Gasteiger partial charge in [0.05, 0.1) is 22.7 Å². The lowest BCUT2D eigenvalue weighted by molar-refractivity contribution is 0.0240. The monoisotopic (exact) mass is 580 g/mol. The molecule has 0 spiro atoms. The Morgan fingerprint density at radius 3 is 2.44 bits per heavy atom. The second-order valence-corrected chi connectivity index (χ2v) is 12.3. The number of rotatable bonds is 5. The van der Waals surface area contributed by atoms with E-state index in [4.69, 9.17) is 4.74 Å². The van der Waals surface area contributed by atoms with E-state index < -0.39 is 23.7 Å². The molecule has 10 nitrogen and oxygen atoms in total. The molecule has 3 heterocycles. The molecule has 3 aliphatic rings. The van der Waals surface area contributed by atoms with Crippen LogP contribution in [0.15, 0.2) is 47.8 Å². The van der Waals surface area contributed by atoms with Gasteiger partial charge >= 0.3 is 6.09 Å². The normalized spacial score (nSPS) is 18.9. The van der Waals surface area contributed by atoms with Gasteiger partial charge in [-0.15, -0.1) is 11.3 Å². The Kier molecular flexibility index (Phi) is 6.98. The molecule has 2 aromatic carbocycles. The van der Waals surface area contributed by atoms with E-state index in [9.17, 15) is 19.1 Å². The molecule has 1 saturated heterocycles. The molecule has 0 radical (unpaired) electrons. The van der Waals surface area contributed by atoms with Crippen molar-refractivity contribution in [3.8, 4) is 0 Å². The molecule has 41 heavy (non-hydrogen) atoms. The quantitative estimate of drug-likeness (QED) is 0.436. The number of thiazole rings is 1. The van der Waals surface area contributed by atoms with Gasteiger partial charge in [-0.1, -0.05) is 12.1 Å². The van der Waals surface area contributed by atoms with Gasteiger partial charge in [-0.05, 0) is 63.9 Å². The third-order valence-corrected chi connectivity index (χ3v) is 8.09. The first kappa shape index (κ1) is 27.3. The van der Waals surface area contributed by atoms with Crippen molar-refractivity contribution >= 4 is 51.2 Å². The van der Waals surface area contributed by atoms with Gasteiger partial charge in [-0.25, -0.2) is 14.2 Å². The number of aliphatic hydroxyl groups excluding tert-OH is 1. The summed E-state index contributed by atoms with van der Waals surface area (Å²) in [5.74, 6) is -0.958. The first-order valence-electron chi connectivity index (χ1n) is 13.7. The molecule has 2 amide bonds. The van der Waals surface area contributed by atoms with Crippen LogP contribution in [0, 0.1) is 5.82 Å². The van der Waals surface area contributed by atoms with E-state index in [2.05, 4.69) is 10.3 Å². The second-order valence-electron chi connectivity index (χ2n) is 11.4. The summed E-state index contributed by atoms with van der Waals surface area (Å²) in [6.07, 6.45) is 0.777. The van der Waals surface area contributed by atoms with Gasteiger partial charge in [0.15, 0.2) is 5.13 Å². The number of piperazine rings is 1. The predicted molar refractivity (Wildman–Crippen MR) is 157 cm³/mol. The standard InChI is InChI=1S/C29H33FN6O4S/c1-29(2,3)40-28(39)34-14-12-33(13-15-34)22-11-8-18(30)16-20(22)31-25(37)21-17-41-26(32-21)36-24-7-5-4-6-23(24)35(27(36)38)19-9-10-19/h4-8,11,16-17,19,27,38H,9-10,12-15H2,1-3H3,(H,31,37).